The van der Waals surface area contributed by atoms with E-state index >= 15 is 0 Å². The molecule has 2 amide bonds. The van der Waals surface area contributed by atoms with Crippen LogP contribution < -0.4 is 15.5 Å². The van der Waals surface area contributed by atoms with Crippen molar-refractivity contribution in [1.29, 1.82) is 0 Å². The second kappa shape index (κ2) is 6.46. The van der Waals surface area contributed by atoms with E-state index in [1.54, 1.807) is 24.3 Å². The molecule has 0 unspecified atom stereocenters. The van der Waals surface area contributed by atoms with Crippen molar-refractivity contribution >= 4 is 21.8 Å². The standard InChI is InChI=1S/C14H14N2O5S/c1-20-12-9-5-6-10-13(12)22(18,19)21-16(14(15)17)11-7-3-2-4-8-11/h2-10H,1H3,(H2,15,17). The maximum Gasteiger partial charge on any atom is 0.344 e. The fraction of sp³-hybridized carbons (Fsp3) is 0.0714. The first-order chi connectivity index (χ1) is 10.5. The predicted molar refractivity (Wildman–Crippen MR) is 79.8 cm³/mol. The highest BCUT2D eigenvalue weighted by atomic mass is 32.2. The molecule has 7 nitrogen and oxygen atoms in total. The lowest BCUT2D eigenvalue weighted by atomic mass is 10.3. The number of hydrogen-bond donors (Lipinski definition) is 1. The largest absolute Gasteiger partial charge is 0.495 e. The maximum absolute atomic E-state index is 12.3. The number of benzene rings is 2. The minimum Gasteiger partial charge on any atom is -0.495 e. The van der Waals surface area contributed by atoms with Crippen LogP contribution in [0.2, 0.25) is 0 Å². The molecule has 0 aliphatic carbocycles. The summed E-state index contributed by atoms with van der Waals surface area (Å²) < 4.78 is 34.5. The van der Waals surface area contributed by atoms with Crippen LogP contribution in [-0.2, 0) is 14.4 Å². The molecule has 0 aromatic heterocycles. The average molecular weight is 322 g/mol. The summed E-state index contributed by atoms with van der Waals surface area (Å²) in [7, 11) is -2.96. The molecule has 0 spiro atoms. The van der Waals surface area contributed by atoms with Gasteiger partial charge in [0, 0.05) is 0 Å². The monoisotopic (exact) mass is 322 g/mol. The first-order valence-electron chi connectivity index (χ1n) is 6.18. The zero-order valence-electron chi connectivity index (χ0n) is 11.7. The van der Waals surface area contributed by atoms with Gasteiger partial charge in [-0.1, -0.05) is 30.3 Å². The van der Waals surface area contributed by atoms with Gasteiger partial charge in [-0.15, -0.1) is 4.28 Å². The van der Waals surface area contributed by atoms with Gasteiger partial charge in [0.1, 0.15) is 10.6 Å². The van der Waals surface area contributed by atoms with E-state index in [1.165, 1.54) is 37.4 Å². The predicted octanol–water partition coefficient (Wildman–Crippen LogP) is 1.90. The van der Waals surface area contributed by atoms with Crippen molar-refractivity contribution in [2.75, 3.05) is 12.2 Å². The van der Waals surface area contributed by atoms with Gasteiger partial charge in [-0.3, -0.25) is 0 Å². The minimum absolute atomic E-state index is 0.0972. The van der Waals surface area contributed by atoms with Crippen molar-refractivity contribution in [2.24, 2.45) is 5.73 Å². The van der Waals surface area contributed by atoms with Gasteiger partial charge in [0.15, 0.2) is 0 Å². The van der Waals surface area contributed by atoms with E-state index in [-0.39, 0.29) is 16.3 Å². The fourth-order valence-corrected chi connectivity index (χ4v) is 2.81. The van der Waals surface area contributed by atoms with Crippen LogP contribution >= 0.6 is 0 Å². The second-order valence-electron chi connectivity index (χ2n) is 4.15. The van der Waals surface area contributed by atoms with E-state index in [9.17, 15) is 13.2 Å². The maximum atomic E-state index is 12.3. The lowest BCUT2D eigenvalue weighted by Gasteiger charge is -2.19. The number of hydrogen-bond acceptors (Lipinski definition) is 5. The van der Waals surface area contributed by atoms with Crippen molar-refractivity contribution in [1.82, 2.24) is 0 Å². The zero-order chi connectivity index (χ0) is 16.2. The molecular weight excluding hydrogens is 308 g/mol. The van der Waals surface area contributed by atoms with Gasteiger partial charge in [0.25, 0.3) is 0 Å². The summed E-state index contributed by atoms with van der Waals surface area (Å²) in [6, 6.07) is 12.7. The van der Waals surface area contributed by atoms with Crippen LogP contribution in [0, 0.1) is 0 Å². The first kappa shape index (κ1) is 15.8. The molecule has 22 heavy (non-hydrogen) atoms. The Morgan fingerprint density at radius 3 is 2.23 bits per heavy atom. The normalized spacial score (nSPS) is 11.0. The number of ether oxygens (including phenoxy) is 1. The molecule has 2 N–H and O–H groups in total. The van der Waals surface area contributed by atoms with E-state index < -0.39 is 16.1 Å². The van der Waals surface area contributed by atoms with Crippen molar-refractivity contribution in [3.05, 3.63) is 54.6 Å². The second-order valence-corrected chi connectivity index (χ2v) is 5.64. The third-order valence-electron chi connectivity index (χ3n) is 2.70. The SMILES string of the molecule is COc1ccccc1S(=O)(=O)ON(C(N)=O)c1ccccc1. The summed E-state index contributed by atoms with van der Waals surface area (Å²) >= 11 is 0. The Balaban J connectivity index is 2.39. The molecule has 0 bridgehead atoms. The highest BCUT2D eigenvalue weighted by Crippen LogP contribution is 2.26. The Hall–Kier alpha value is -2.58. The van der Waals surface area contributed by atoms with Crippen LogP contribution in [-0.4, -0.2) is 21.6 Å². The number of rotatable bonds is 5. The molecular formula is C14H14N2O5S. The van der Waals surface area contributed by atoms with Crippen LogP contribution in [0.25, 0.3) is 0 Å². The van der Waals surface area contributed by atoms with Gasteiger partial charge >= 0.3 is 16.1 Å². The molecule has 8 heteroatoms. The molecule has 0 aliphatic heterocycles. The third kappa shape index (κ3) is 3.35. The molecule has 0 fully saturated rings. The van der Waals surface area contributed by atoms with Gasteiger partial charge in [-0.05, 0) is 24.3 Å². The summed E-state index contributed by atoms with van der Waals surface area (Å²) in [5.41, 5.74) is 5.38. The first-order valence-corrected chi connectivity index (χ1v) is 7.59. The number of amides is 2. The molecule has 0 saturated heterocycles. The number of urea groups is 1. The van der Waals surface area contributed by atoms with Crippen LogP contribution in [0.3, 0.4) is 0 Å². The topological polar surface area (TPSA) is 98.9 Å². The van der Waals surface area contributed by atoms with Gasteiger partial charge in [0.2, 0.25) is 0 Å². The summed E-state index contributed by atoms with van der Waals surface area (Å²) in [5, 5.41) is 0.502. The Kier molecular flexibility index (Phi) is 4.64. The van der Waals surface area contributed by atoms with Crippen LogP contribution in [0.1, 0.15) is 0 Å². The van der Waals surface area contributed by atoms with Gasteiger partial charge in [-0.25, -0.2) is 4.79 Å². The average Bonchev–Trinajstić information content (AvgIpc) is 2.53. The number of nitrogens with two attached hydrogens (primary N) is 1. The van der Waals surface area contributed by atoms with Crippen molar-refractivity contribution in [2.45, 2.75) is 4.90 Å². The van der Waals surface area contributed by atoms with Gasteiger partial charge in [0.05, 0.1) is 12.8 Å². The number of nitrogens with zero attached hydrogens (tertiary/aromatic N) is 1. The van der Waals surface area contributed by atoms with Crippen molar-refractivity contribution in [3.63, 3.8) is 0 Å². The number of primary amides is 1. The Labute approximate surface area is 127 Å². The molecule has 2 rings (SSSR count). The minimum atomic E-state index is -4.30. The number of carbonyl (C=O) groups excluding carboxylic acids is 1. The fourth-order valence-electron chi connectivity index (χ4n) is 1.73. The third-order valence-corrected chi connectivity index (χ3v) is 3.92. The molecule has 2 aromatic rings. The molecule has 0 aliphatic rings. The van der Waals surface area contributed by atoms with E-state index in [0.29, 0.717) is 5.06 Å². The highest BCUT2D eigenvalue weighted by molar-refractivity contribution is 7.87. The highest BCUT2D eigenvalue weighted by Gasteiger charge is 2.27. The lowest BCUT2D eigenvalue weighted by molar-refractivity contribution is 0.222. The molecule has 116 valence electrons. The molecule has 0 radical (unpaired) electrons. The van der Waals surface area contributed by atoms with Gasteiger partial charge in [-0.2, -0.15) is 13.5 Å². The van der Waals surface area contributed by atoms with E-state index in [0.717, 1.165) is 0 Å². The zero-order valence-corrected chi connectivity index (χ0v) is 12.5. The van der Waals surface area contributed by atoms with E-state index in [1.807, 2.05) is 0 Å². The molecule has 0 atom stereocenters. The quantitative estimate of drug-likeness (QED) is 0.848. The lowest BCUT2D eigenvalue weighted by Crippen LogP contribution is -2.37. The summed E-state index contributed by atoms with van der Waals surface area (Å²) in [6.07, 6.45) is 0. The van der Waals surface area contributed by atoms with E-state index in [4.69, 9.17) is 14.8 Å². The Bertz CT molecular complexity index is 762. The van der Waals surface area contributed by atoms with Crippen LogP contribution in [0.15, 0.2) is 59.5 Å². The smallest absolute Gasteiger partial charge is 0.344 e. The Morgan fingerprint density at radius 2 is 1.64 bits per heavy atom. The molecule has 0 heterocycles. The Morgan fingerprint density at radius 1 is 1.05 bits per heavy atom. The summed E-state index contributed by atoms with van der Waals surface area (Å²) in [6.45, 7) is 0. The number of carbonyl (C=O) groups is 1. The number of methoxy groups -OCH3 is 1. The number of para-hydroxylation sites is 2. The summed E-state index contributed by atoms with van der Waals surface area (Å²) in [5.74, 6) is 0.0972. The molecule has 0 saturated carbocycles. The van der Waals surface area contributed by atoms with Crippen molar-refractivity contribution in [3.8, 4) is 5.75 Å². The van der Waals surface area contributed by atoms with Crippen LogP contribution in [0.5, 0.6) is 5.75 Å². The van der Waals surface area contributed by atoms with Gasteiger partial charge < -0.3 is 10.5 Å². The number of anilines is 1. The van der Waals surface area contributed by atoms with E-state index in [2.05, 4.69) is 0 Å². The number of hydroxylamine groups is 1. The van der Waals surface area contributed by atoms with Crippen molar-refractivity contribution < 1.29 is 22.2 Å². The molecule has 2 aromatic carbocycles. The summed E-state index contributed by atoms with van der Waals surface area (Å²) in [4.78, 5) is 11.3. The van der Waals surface area contributed by atoms with Crippen LogP contribution in [0.4, 0.5) is 10.5 Å².